The first-order chi connectivity index (χ1) is 14.0. The highest BCUT2D eigenvalue weighted by atomic mass is 32.2. The van der Waals surface area contributed by atoms with Crippen molar-refractivity contribution < 1.29 is 17.5 Å². The largest absolute Gasteiger partial charge is 0.497 e. The monoisotopic (exact) mass is 433 g/mol. The summed E-state index contributed by atoms with van der Waals surface area (Å²) in [7, 11) is -1.98. The van der Waals surface area contributed by atoms with Gasteiger partial charge in [0.15, 0.2) is 4.21 Å². The van der Waals surface area contributed by atoms with Gasteiger partial charge >= 0.3 is 0 Å². The second kappa shape index (κ2) is 8.10. The number of nitrogens with zero attached hydrogens (tertiary/aromatic N) is 3. The molecule has 0 aliphatic carbocycles. The quantitative estimate of drug-likeness (QED) is 0.617. The predicted molar refractivity (Wildman–Crippen MR) is 111 cm³/mol. The zero-order chi connectivity index (χ0) is 20.4. The van der Waals surface area contributed by atoms with Gasteiger partial charge in [-0.15, -0.1) is 11.3 Å². The van der Waals surface area contributed by atoms with E-state index in [0.29, 0.717) is 36.8 Å². The van der Waals surface area contributed by atoms with Crippen molar-refractivity contribution in [3.8, 4) is 16.3 Å². The van der Waals surface area contributed by atoms with Gasteiger partial charge in [-0.3, -0.25) is 0 Å². The Kier molecular flexibility index (Phi) is 5.53. The third-order valence-electron chi connectivity index (χ3n) is 4.85. The molecule has 0 spiro atoms. The van der Waals surface area contributed by atoms with Gasteiger partial charge in [0.05, 0.1) is 13.3 Å². The summed E-state index contributed by atoms with van der Waals surface area (Å²) in [5.74, 6) is 0.449. The Morgan fingerprint density at radius 2 is 1.66 bits per heavy atom. The molecule has 2 aromatic carbocycles. The van der Waals surface area contributed by atoms with E-state index in [4.69, 9.17) is 4.74 Å². The zero-order valence-corrected chi connectivity index (χ0v) is 17.4. The second-order valence-electron chi connectivity index (χ2n) is 6.58. The van der Waals surface area contributed by atoms with Crippen molar-refractivity contribution in [3.05, 3.63) is 60.5 Å². The Hall–Kier alpha value is -2.49. The van der Waals surface area contributed by atoms with Gasteiger partial charge < -0.3 is 9.64 Å². The molecule has 0 amide bonds. The summed E-state index contributed by atoms with van der Waals surface area (Å²) in [5, 5.41) is 0.556. The van der Waals surface area contributed by atoms with E-state index < -0.39 is 10.0 Å². The number of hydrogen-bond donors (Lipinski definition) is 0. The van der Waals surface area contributed by atoms with Crippen molar-refractivity contribution in [2.45, 2.75) is 4.21 Å². The summed E-state index contributed by atoms with van der Waals surface area (Å²) in [6, 6.07) is 13.6. The van der Waals surface area contributed by atoms with Crippen LogP contribution in [0.1, 0.15) is 0 Å². The van der Waals surface area contributed by atoms with E-state index in [2.05, 4.69) is 9.88 Å². The Balaban J connectivity index is 1.45. The van der Waals surface area contributed by atoms with Crippen LogP contribution in [0.2, 0.25) is 0 Å². The molecule has 0 bridgehead atoms. The molecule has 9 heteroatoms. The standard InChI is InChI=1S/C20H20FN3O3S2/c1-27-18-8-6-17(7-9-18)23-10-12-24(13-11-23)29(25,26)19-14-22-20(28-19)15-2-4-16(21)5-3-15/h2-9,14H,10-13H2,1H3. The molecule has 152 valence electrons. The fraction of sp³-hybridized carbons (Fsp3) is 0.250. The number of thiazole rings is 1. The van der Waals surface area contributed by atoms with Gasteiger partial charge in [-0.1, -0.05) is 0 Å². The van der Waals surface area contributed by atoms with Crippen LogP contribution in [-0.4, -0.2) is 51.0 Å². The molecule has 6 nitrogen and oxygen atoms in total. The van der Waals surface area contributed by atoms with Gasteiger partial charge in [0, 0.05) is 37.4 Å². The lowest BCUT2D eigenvalue weighted by molar-refractivity contribution is 0.385. The first kappa shape index (κ1) is 19.8. The maximum atomic E-state index is 13.1. The lowest BCUT2D eigenvalue weighted by Gasteiger charge is -2.35. The molecular formula is C20H20FN3O3S2. The van der Waals surface area contributed by atoms with E-state index in [9.17, 15) is 12.8 Å². The molecule has 3 aromatic rings. The molecule has 1 aliphatic heterocycles. The minimum absolute atomic E-state index is 0.203. The molecule has 1 saturated heterocycles. The summed E-state index contributed by atoms with van der Waals surface area (Å²) < 4.78 is 46.0. The van der Waals surface area contributed by atoms with Crippen LogP contribution in [0.4, 0.5) is 10.1 Å². The van der Waals surface area contributed by atoms with Gasteiger partial charge in [0.1, 0.15) is 16.6 Å². The summed E-state index contributed by atoms with van der Waals surface area (Å²) in [5.41, 5.74) is 1.74. The van der Waals surface area contributed by atoms with Crippen molar-refractivity contribution in [1.82, 2.24) is 9.29 Å². The van der Waals surface area contributed by atoms with Gasteiger partial charge in [-0.25, -0.2) is 17.8 Å². The van der Waals surface area contributed by atoms with E-state index in [1.165, 1.54) is 22.6 Å². The summed E-state index contributed by atoms with van der Waals surface area (Å²) in [6.07, 6.45) is 1.38. The molecule has 0 radical (unpaired) electrons. The number of piperazine rings is 1. The van der Waals surface area contributed by atoms with Crippen molar-refractivity contribution in [1.29, 1.82) is 0 Å². The lowest BCUT2D eigenvalue weighted by atomic mass is 10.2. The first-order valence-electron chi connectivity index (χ1n) is 9.08. The van der Waals surface area contributed by atoms with Gasteiger partial charge in [0.2, 0.25) is 0 Å². The average Bonchev–Trinajstić information content (AvgIpc) is 3.26. The van der Waals surface area contributed by atoms with E-state index in [0.717, 1.165) is 22.8 Å². The minimum atomic E-state index is -3.61. The fourth-order valence-corrected chi connectivity index (χ4v) is 5.93. The molecule has 0 atom stereocenters. The van der Waals surface area contributed by atoms with Crippen LogP contribution in [0, 0.1) is 5.82 Å². The summed E-state index contributed by atoms with van der Waals surface area (Å²) in [4.78, 5) is 6.38. The number of methoxy groups -OCH3 is 1. The van der Waals surface area contributed by atoms with Crippen LogP contribution in [0.15, 0.2) is 58.9 Å². The van der Waals surface area contributed by atoms with Gasteiger partial charge in [-0.05, 0) is 48.5 Å². The maximum absolute atomic E-state index is 13.1. The summed E-state index contributed by atoms with van der Waals surface area (Å²) >= 11 is 1.10. The molecule has 0 N–H and O–H groups in total. The molecule has 29 heavy (non-hydrogen) atoms. The molecule has 4 rings (SSSR count). The van der Waals surface area contributed by atoms with Crippen LogP contribution in [-0.2, 0) is 10.0 Å². The highest BCUT2D eigenvalue weighted by Crippen LogP contribution is 2.30. The minimum Gasteiger partial charge on any atom is -0.497 e. The second-order valence-corrected chi connectivity index (χ2v) is 9.78. The van der Waals surface area contributed by atoms with Crippen LogP contribution >= 0.6 is 11.3 Å². The van der Waals surface area contributed by atoms with E-state index in [1.54, 1.807) is 19.2 Å². The number of rotatable bonds is 5. The van der Waals surface area contributed by atoms with Crippen molar-refractivity contribution in [2.24, 2.45) is 0 Å². The molecule has 0 saturated carbocycles. The lowest BCUT2D eigenvalue weighted by Crippen LogP contribution is -2.48. The predicted octanol–water partition coefficient (Wildman–Crippen LogP) is 3.47. The first-order valence-corrected chi connectivity index (χ1v) is 11.3. The fourth-order valence-electron chi connectivity index (χ4n) is 3.21. The van der Waals surface area contributed by atoms with Crippen LogP contribution in [0.25, 0.3) is 10.6 Å². The van der Waals surface area contributed by atoms with Crippen molar-refractivity contribution in [3.63, 3.8) is 0 Å². The number of anilines is 1. The third kappa shape index (κ3) is 4.12. The number of halogens is 1. The highest BCUT2D eigenvalue weighted by molar-refractivity contribution is 7.91. The van der Waals surface area contributed by atoms with Crippen LogP contribution in [0.5, 0.6) is 5.75 Å². The molecule has 1 aliphatic rings. The molecule has 1 fully saturated rings. The Morgan fingerprint density at radius 3 is 2.28 bits per heavy atom. The molecular weight excluding hydrogens is 413 g/mol. The molecule has 0 unspecified atom stereocenters. The Bertz CT molecular complexity index is 1070. The average molecular weight is 434 g/mol. The Labute approximate surface area is 173 Å². The number of sulfonamides is 1. The van der Waals surface area contributed by atoms with Crippen molar-refractivity contribution in [2.75, 3.05) is 38.2 Å². The number of aromatic nitrogens is 1. The Morgan fingerprint density at radius 1 is 1.00 bits per heavy atom. The SMILES string of the molecule is COc1ccc(N2CCN(S(=O)(=O)c3cnc(-c4ccc(F)cc4)s3)CC2)cc1. The third-order valence-corrected chi connectivity index (χ3v) is 8.23. The number of hydrogen-bond acceptors (Lipinski definition) is 6. The molecule has 2 heterocycles. The highest BCUT2D eigenvalue weighted by Gasteiger charge is 2.30. The van der Waals surface area contributed by atoms with Crippen molar-refractivity contribution >= 4 is 27.0 Å². The zero-order valence-electron chi connectivity index (χ0n) is 15.8. The van der Waals surface area contributed by atoms with E-state index >= 15 is 0 Å². The van der Waals surface area contributed by atoms with E-state index in [-0.39, 0.29) is 10.0 Å². The topological polar surface area (TPSA) is 62.7 Å². The summed E-state index contributed by atoms with van der Waals surface area (Å²) in [6.45, 7) is 2.01. The van der Waals surface area contributed by atoms with Crippen LogP contribution < -0.4 is 9.64 Å². The number of benzene rings is 2. The number of ether oxygens (including phenoxy) is 1. The molecule has 1 aromatic heterocycles. The van der Waals surface area contributed by atoms with Crippen LogP contribution in [0.3, 0.4) is 0 Å². The van der Waals surface area contributed by atoms with Gasteiger partial charge in [0.25, 0.3) is 10.0 Å². The smallest absolute Gasteiger partial charge is 0.254 e. The maximum Gasteiger partial charge on any atom is 0.254 e. The van der Waals surface area contributed by atoms with E-state index in [1.807, 2.05) is 24.3 Å². The van der Waals surface area contributed by atoms with Gasteiger partial charge in [-0.2, -0.15) is 4.31 Å². The normalized spacial score (nSPS) is 15.4.